The third-order valence-electron chi connectivity index (χ3n) is 4.30. The van der Waals surface area contributed by atoms with Crippen LogP contribution in [0.15, 0.2) is 47.6 Å². The first-order valence-electron chi connectivity index (χ1n) is 8.57. The molecule has 1 aromatic carbocycles. The van der Waals surface area contributed by atoms with Crippen molar-refractivity contribution in [2.45, 2.75) is 35.7 Å². The molecule has 1 saturated heterocycles. The van der Waals surface area contributed by atoms with Gasteiger partial charge in [0, 0.05) is 18.3 Å². The van der Waals surface area contributed by atoms with E-state index < -0.39 is 34.6 Å². The Balaban J connectivity index is 1.75. The van der Waals surface area contributed by atoms with Gasteiger partial charge in [0.2, 0.25) is 5.91 Å². The first-order chi connectivity index (χ1) is 13.3. The molecule has 1 aromatic heterocycles. The molecular weight excluding hydrogens is 396 g/mol. The van der Waals surface area contributed by atoms with E-state index in [0.717, 1.165) is 41.1 Å². The summed E-state index contributed by atoms with van der Waals surface area (Å²) in [5.74, 6) is -1.42. The number of aromatic nitrogens is 1. The zero-order valence-corrected chi connectivity index (χ0v) is 15.4. The van der Waals surface area contributed by atoms with Gasteiger partial charge in [0.25, 0.3) is 5.91 Å². The molecule has 0 bridgehead atoms. The number of halogens is 4. The van der Waals surface area contributed by atoms with E-state index in [4.69, 9.17) is 0 Å². The van der Waals surface area contributed by atoms with Gasteiger partial charge >= 0.3 is 6.18 Å². The van der Waals surface area contributed by atoms with Crippen molar-refractivity contribution in [3.63, 3.8) is 0 Å². The van der Waals surface area contributed by atoms with E-state index in [9.17, 15) is 27.2 Å². The van der Waals surface area contributed by atoms with Gasteiger partial charge in [0.15, 0.2) is 0 Å². The molecule has 0 radical (unpaired) electrons. The average Bonchev–Trinajstić information content (AvgIpc) is 2.83. The van der Waals surface area contributed by atoms with Gasteiger partial charge in [-0.15, -0.1) is 0 Å². The molecule has 0 N–H and O–H groups in total. The fourth-order valence-corrected chi connectivity index (χ4v) is 3.89. The lowest BCUT2D eigenvalue weighted by molar-refractivity contribution is -0.138. The number of thioether (sulfide) groups is 1. The molecule has 1 unspecified atom stereocenters. The minimum Gasteiger partial charge on any atom is -0.278 e. The molecule has 4 nitrogen and oxygen atoms in total. The van der Waals surface area contributed by atoms with Crippen LogP contribution in [0.1, 0.15) is 35.2 Å². The molecule has 1 atom stereocenters. The van der Waals surface area contributed by atoms with Crippen molar-refractivity contribution >= 4 is 23.6 Å². The molecule has 1 fully saturated rings. The maximum Gasteiger partial charge on any atom is 0.417 e. The van der Waals surface area contributed by atoms with Gasteiger partial charge in [0.05, 0.1) is 15.8 Å². The molecule has 1 aliphatic heterocycles. The molecule has 2 aromatic rings. The molecule has 28 heavy (non-hydrogen) atoms. The van der Waals surface area contributed by atoms with Crippen LogP contribution < -0.4 is 0 Å². The Kier molecular flexibility index (Phi) is 6.02. The second-order valence-electron chi connectivity index (χ2n) is 6.29. The number of carbonyl (C=O) groups excluding carboxylic acids is 2. The SMILES string of the molecule is O=C(c1ccc(F)cc1)N1CCCCC(Sc2ccc(C(F)(F)F)cn2)C1=O. The third kappa shape index (κ3) is 4.70. The van der Waals surface area contributed by atoms with Crippen LogP contribution >= 0.6 is 11.8 Å². The number of nitrogens with zero attached hydrogens (tertiary/aromatic N) is 2. The van der Waals surface area contributed by atoms with Crippen molar-refractivity contribution in [1.82, 2.24) is 9.88 Å². The van der Waals surface area contributed by atoms with Crippen LogP contribution in [-0.4, -0.2) is 33.5 Å². The van der Waals surface area contributed by atoms with E-state index in [1.165, 1.54) is 18.2 Å². The number of imide groups is 1. The maximum atomic E-state index is 13.1. The molecule has 0 aliphatic carbocycles. The number of amides is 2. The summed E-state index contributed by atoms with van der Waals surface area (Å²) < 4.78 is 51.0. The minimum absolute atomic E-state index is 0.202. The lowest BCUT2D eigenvalue weighted by Gasteiger charge is -2.22. The van der Waals surface area contributed by atoms with Gasteiger partial charge in [-0.05, 0) is 49.2 Å². The molecular formula is C19H16F4N2O2S. The molecule has 9 heteroatoms. The highest BCUT2D eigenvalue weighted by molar-refractivity contribution is 8.00. The van der Waals surface area contributed by atoms with E-state index in [1.54, 1.807) is 0 Å². The zero-order valence-electron chi connectivity index (χ0n) is 14.6. The standard InChI is InChI=1S/C19H16F4N2O2S/c20-14-7-4-12(5-8-14)17(26)25-10-2-1-3-15(18(25)27)28-16-9-6-13(11-24-16)19(21,22)23/h4-9,11,15H,1-3,10H2. The van der Waals surface area contributed by atoms with E-state index in [1.807, 2.05) is 0 Å². The second kappa shape index (κ2) is 8.30. The molecule has 148 valence electrons. The summed E-state index contributed by atoms with van der Waals surface area (Å²) in [6, 6.07) is 7.06. The number of hydrogen-bond donors (Lipinski definition) is 0. The van der Waals surface area contributed by atoms with Crippen molar-refractivity contribution in [3.8, 4) is 0 Å². The van der Waals surface area contributed by atoms with Gasteiger partial charge in [-0.25, -0.2) is 9.37 Å². The third-order valence-corrected chi connectivity index (χ3v) is 5.51. The average molecular weight is 412 g/mol. The van der Waals surface area contributed by atoms with Crippen LogP contribution in [0.2, 0.25) is 0 Å². The van der Waals surface area contributed by atoms with Crippen molar-refractivity contribution in [3.05, 3.63) is 59.5 Å². The number of pyridine rings is 1. The van der Waals surface area contributed by atoms with Gasteiger partial charge in [-0.2, -0.15) is 13.2 Å². The van der Waals surface area contributed by atoms with E-state index in [0.29, 0.717) is 19.3 Å². The summed E-state index contributed by atoms with van der Waals surface area (Å²) in [5, 5.41) is -0.349. The van der Waals surface area contributed by atoms with Gasteiger partial charge in [-0.3, -0.25) is 14.5 Å². The highest BCUT2D eigenvalue weighted by Gasteiger charge is 2.33. The quantitative estimate of drug-likeness (QED) is 0.548. The first kappa shape index (κ1) is 20.3. The maximum absolute atomic E-state index is 13.1. The summed E-state index contributed by atoms with van der Waals surface area (Å²) in [7, 11) is 0. The smallest absolute Gasteiger partial charge is 0.278 e. The molecule has 1 aliphatic rings. The Bertz CT molecular complexity index is 854. The second-order valence-corrected chi connectivity index (χ2v) is 7.51. The van der Waals surface area contributed by atoms with E-state index in [-0.39, 0.29) is 17.1 Å². The topological polar surface area (TPSA) is 50.3 Å². The van der Waals surface area contributed by atoms with Crippen LogP contribution in [0.3, 0.4) is 0 Å². The van der Waals surface area contributed by atoms with E-state index in [2.05, 4.69) is 4.98 Å². The van der Waals surface area contributed by atoms with Crippen LogP contribution in [0.4, 0.5) is 17.6 Å². The fourth-order valence-electron chi connectivity index (χ4n) is 2.83. The van der Waals surface area contributed by atoms with Crippen LogP contribution in [0, 0.1) is 5.82 Å². The Hall–Kier alpha value is -2.42. The number of hydrogen-bond acceptors (Lipinski definition) is 4. The highest BCUT2D eigenvalue weighted by atomic mass is 32.2. The number of likely N-dealkylation sites (tertiary alicyclic amines) is 1. The van der Waals surface area contributed by atoms with E-state index >= 15 is 0 Å². The normalized spacial score (nSPS) is 18.1. The fraction of sp³-hybridized carbons (Fsp3) is 0.316. The van der Waals surface area contributed by atoms with Gasteiger partial charge in [0.1, 0.15) is 5.82 Å². The lowest BCUT2D eigenvalue weighted by atomic mass is 10.2. The number of alkyl halides is 3. The van der Waals surface area contributed by atoms with Crippen molar-refractivity contribution in [1.29, 1.82) is 0 Å². The largest absolute Gasteiger partial charge is 0.417 e. The van der Waals surface area contributed by atoms with Crippen LogP contribution in [0.25, 0.3) is 0 Å². The Morgan fingerprint density at radius 3 is 2.43 bits per heavy atom. The zero-order chi connectivity index (χ0) is 20.3. The molecule has 0 saturated carbocycles. The van der Waals surface area contributed by atoms with Gasteiger partial charge < -0.3 is 0 Å². The lowest BCUT2D eigenvalue weighted by Crippen LogP contribution is -2.41. The summed E-state index contributed by atoms with van der Waals surface area (Å²) in [4.78, 5) is 30.4. The Morgan fingerprint density at radius 1 is 1.11 bits per heavy atom. The molecule has 0 spiro atoms. The summed E-state index contributed by atoms with van der Waals surface area (Å²) >= 11 is 1.04. The molecule has 2 amide bonds. The van der Waals surface area contributed by atoms with Crippen LogP contribution in [0.5, 0.6) is 0 Å². The van der Waals surface area contributed by atoms with Crippen LogP contribution in [-0.2, 0) is 11.0 Å². The minimum atomic E-state index is -4.48. The first-order valence-corrected chi connectivity index (χ1v) is 9.45. The highest BCUT2D eigenvalue weighted by Crippen LogP contribution is 2.32. The Morgan fingerprint density at radius 2 is 1.82 bits per heavy atom. The van der Waals surface area contributed by atoms with Gasteiger partial charge in [-0.1, -0.05) is 18.2 Å². The molecule has 2 heterocycles. The molecule has 3 rings (SSSR count). The number of carbonyl (C=O) groups is 2. The predicted octanol–water partition coefficient (Wildman–Crippen LogP) is 4.55. The monoisotopic (exact) mass is 412 g/mol. The summed E-state index contributed by atoms with van der Waals surface area (Å²) in [6.45, 7) is 0.243. The predicted molar refractivity (Wildman–Crippen MR) is 95.2 cm³/mol. The van der Waals surface area contributed by atoms with Crippen molar-refractivity contribution < 1.29 is 27.2 Å². The van der Waals surface area contributed by atoms with Crippen molar-refractivity contribution in [2.75, 3.05) is 6.54 Å². The summed E-state index contributed by atoms with van der Waals surface area (Å²) in [6.07, 6.45) is -1.95. The number of rotatable bonds is 3. The number of benzene rings is 1. The Labute approximate surface area is 162 Å². The van der Waals surface area contributed by atoms with Crippen molar-refractivity contribution in [2.24, 2.45) is 0 Å². The summed E-state index contributed by atoms with van der Waals surface area (Å²) in [5.41, 5.74) is -0.662.